The minimum absolute atomic E-state index is 0.114. The summed E-state index contributed by atoms with van der Waals surface area (Å²) >= 11 is 3.45. The average molecular weight is 523 g/mol. The summed E-state index contributed by atoms with van der Waals surface area (Å²) in [7, 11) is 2.08. The first-order valence-corrected chi connectivity index (χ1v) is 12.3. The van der Waals surface area contributed by atoms with Crippen LogP contribution in [0.2, 0.25) is 0 Å². The highest BCUT2D eigenvalue weighted by Crippen LogP contribution is 2.55. The zero-order chi connectivity index (χ0) is 23.8. The number of hydrogen-bond acceptors (Lipinski definition) is 7. The van der Waals surface area contributed by atoms with Crippen LogP contribution in [0.25, 0.3) is 21.9 Å². The van der Waals surface area contributed by atoms with Crippen molar-refractivity contribution in [3.05, 3.63) is 58.6 Å². The zero-order valence-electron chi connectivity index (χ0n) is 19.1. The van der Waals surface area contributed by atoms with Crippen molar-refractivity contribution in [3.8, 4) is 0 Å². The average Bonchev–Trinajstić information content (AvgIpc) is 3.45. The van der Waals surface area contributed by atoms with E-state index in [1.54, 1.807) is 6.33 Å². The molecule has 3 aromatic heterocycles. The lowest BCUT2D eigenvalue weighted by atomic mass is 9.80. The number of fused-ring (bicyclic) bond motifs is 2. The van der Waals surface area contributed by atoms with Gasteiger partial charge in [-0.2, -0.15) is 0 Å². The Balaban J connectivity index is 1.33. The fourth-order valence-electron chi connectivity index (χ4n) is 6.19. The first kappa shape index (κ1) is 21.9. The van der Waals surface area contributed by atoms with Gasteiger partial charge >= 0.3 is 0 Å². The van der Waals surface area contributed by atoms with E-state index in [0.717, 1.165) is 44.1 Å². The number of anilines is 1. The number of likely N-dealkylation sites (tertiary alicyclic amines) is 1. The second-order valence-electron chi connectivity index (χ2n) is 9.93. The highest BCUT2D eigenvalue weighted by molar-refractivity contribution is 9.10. The third-order valence-electron chi connectivity index (χ3n) is 7.93. The van der Waals surface area contributed by atoms with Crippen LogP contribution >= 0.6 is 15.9 Å². The number of halogens is 1. The SMILES string of the molecule is Cc1ncnc2c1ccn2[C@@H]1C[C@]2(C[C@@H](c3ccc4cc(Br)c(N)nc4c3)N(C)C2)[C@@H](O)[C@H]1O. The molecule has 4 N–H and O–H groups in total. The van der Waals surface area contributed by atoms with E-state index >= 15 is 0 Å². The summed E-state index contributed by atoms with van der Waals surface area (Å²) in [6, 6.07) is 10.1. The fourth-order valence-corrected chi connectivity index (χ4v) is 6.52. The molecule has 1 aromatic carbocycles. The summed E-state index contributed by atoms with van der Waals surface area (Å²) < 4.78 is 2.80. The molecule has 5 atom stereocenters. The molecule has 8 nitrogen and oxygen atoms in total. The second-order valence-corrected chi connectivity index (χ2v) is 10.8. The maximum Gasteiger partial charge on any atom is 0.143 e. The number of pyridine rings is 1. The monoisotopic (exact) mass is 522 g/mol. The topological polar surface area (TPSA) is 113 Å². The van der Waals surface area contributed by atoms with Crippen molar-refractivity contribution >= 4 is 43.7 Å². The lowest BCUT2D eigenvalue weighted by molar-refractivity contribution is -0.0238. The molecular weight excluding hydrogens is 496 g/mol. The Hall–Kier alpha value is -2.59. The molecule has 4 aromatic rings. The lowest BCUT2D eigenvalue weighted by Gasteiger charge is -2.27. The van der Waals surface area contributed by atoms with E-state index in [1.807, 2.05) is 29.8 Å². The molecule has 2 aliphatic rings. The maximum atomic E-state index is 11.3. The number of nitrogens with two attached hydrogens (primary N) is 1. The molecule has 1 spiro atoms. The van der Waals surface area contributed by atoms with Crippen molar-refractivity contribution in [1.29, 1.82) is 0 Å². The molecule has 176 valence electrons. The summed E-state index contributed by atoms with van der Waals surface area (Å²) in [5.41, 5.74) is 9.30. The van der Waals surface area contributed by atoms with Crippen LogP contribution in [0.3, 0.4) is 0 Å². The molecular formula is C25H27BrN6O2. The van der Waals surface area contributed by atoms with Gasteiger partial charge in [-0.15, -0.1) is 0 Å². The van der Waals surface area contributed by atoms with E-state index < -0.39 is 17.6 Å². The Morgan fingerprint density at radius 3 is 2.79 bits per heavy atom. The number of benzene rings is 1. The van der Waals surface area contributed by atoms with Crippen LogP contribution in [0, 0.1) is 12.3 Å². The van der Waals surface area contributed by atoms with Crippen LogP contribution in [-0.4, -0.2) is 60.4 Å². The van der Waals surface area contributed by atoms with Gasteiger partial charge in [-0.1, -0.05) is 12.1 Å². The Morgan fingerprint density at radius 2 is 1.97 bits per heavy atom. The van der Waals surface area contributed by atoms with Crippen molar-refractivity contribution in [2.45, 2.75) is 44.1 Å². The molecule has 1 aliphatic heterocycles. The molecule has 34 heavy (non-hydrogen) atoms. The second kappa shape index (κ2) is 7.71. The van der Waals surface area contributed by atoms with Gasteiger partial charge in [0.2, 0.25) is 0 Å². The molecule has 4 heterocycles. The highest BCUT2D eigenvalue weighted by Gasteiger charge is 2.58. The Kier molecular flexibility index (Phi) is 4.97. The summed E-state index contributed by atoms with van der Waals surface area (Å²) in [5.74, 6) is 0.469. The maximum absolute atomic E-state index is 11.3. The number of aliphatic hydroxyl groups excluding tert-OH is 2. The summed E-state index contributed by atoms with van der Waals surface area (Å²) in [5, 5.41) is 24.5. The van der Waals surface area contributed by atoms with E-state index in [1.165, 1.54) is 0 Å². The van der Waals surface area contributed by atoms with Gasteiger partial charge in [-0.3, -0.25) is 4.90 Å². The van der Waals surface area contributed by atoms with E-state index in [2.05, 4.69) is 61.0 Å². The number of aryl methyl sites for hydroxylation is 1. The van der Waals surface area contributed by atoms with Crippen LogP contribution < -0.4 is 5.73 Å². The molecule has 1 aliphatic carbocycles. The predicted octanol–water partition coefficient (Wildman–Crippen LogP) is 3.36. The molecule has 2 fully saturated rings. The van der Waals surface area contributed by atoms with Crippen molar-refractivity contribution < 1.29 is 10.2 Å². The van der Waals surface area contributed by atoms with E-state index in [0.29, 0.717) is 18.8 Å². The number of rotatable bonds is 2. The van der Waals surface area contributed by atoms with Crippen LogP contribution in [0.15, 0.2) is 47.3 Å². The van der Waals surface area contributed by atoms with Gasteiger partial charge in [0.15, 0.2) is 0 Å². The molecule has 0 radical (unpaired) electrons. The zero-order valence-corrected chi connectivity index (χ0v) is 20.6. The van der Waals surface area contributed by atoms with Crippen molar-refractivity contribution in [2.24, 2.45) is 5.41 Å². The van der Waals surface area contributed by atoms with Crippen molar-refractivity contribution in [3.63, 3.8) is 0 Å². The number of aliphatic hydroxyl groups is 2. The smallest absolute Gasteiger partial charge is 0.143 e. The van der Waals surface area contributed by atoms with E-state index in [-0.39, 0.29) is 12.1 Å². The van der Waals surface area contributed by atoms with Gasteiger partial charge in [-0.25, -0.2) is 15.0 Å². The molecule has 0 amide bonds. The minimum atomic E-state index is -0.867. The molecule has 0 unspecified atom stereocenters. The standard InChI is InChI=1S/C25H27BrN6O2/c1-13-16-5-6-32(24(16)29-12-28-13)20-10-25(22(34)21(20)33)9-19(31(2)11-25)15-4-3-14-7-17(26)23(27)30-18(14)8-15/h3-8,12,19-22,33-34H,9-11H2,1-2H3,(H2,27,30)/t19-,20+,21-,22-,25-/m0/s1. The predicted molar refractivity (Wildman–Crippen MR) is 134 cm³/mol. The molecule has 6 rings (SSSR count). The quantitative estimate of drug-likeness (QED) is 0.369. The number of aromatic nitrogens is 4. The summed E-state index contributed by atoms with van der Waals surface area (Å²) in [4.78, 5) is 15.6. The van der Waals surface area contributed by atoms with Crippen LogP contribution in [0.4, 0.5) is 5.82 Å². The lowest BCUT2D eigenvalue weighted by Crippen LogP contribution is -2.38. The van der Waals surface area contributed by atoms with Gasteiger partial charge in [0.25, 0.3) is 0 Å². The van der Waals surface area contributed by atoms with Gasteiger partial charge in [-0.05, 0) is 66.5 Å². The van der Waals surface area contributed by atoms with E-state index in [9.17, 15) is 10.2 Å². The van der Waals surface area contributed by atoms with Crippen LogP contribution in [0.1, 0.15) is 36.2 Å². The highest BCUT2D eigenvalue weighted by atomic mass is 79.9. The normalized spacial score (nSPS) is 29.7. The number of hydrogen-bond donors (Lipinski definition) is 3. The van der Waals surface area contributed by atoms with E-state index in [4.69, 9.17) is 5.73 Å². The molecule has 0 bridgehead atoms. The third-order valence-corrected chi connectivity index (χ3v) is 8.57. The molecule has 1 saturated heterocycles. The fraction of sp³-hybridized carbons (Fsp3) is 0.400. The van der Waals surface area contributed by atoms with Gasteiger partial charge in [0, 0.05) is 35.0 Å². The summed E-state index contributed by atoms with van der Waals surface area (Å²) in [6.07, 6.45) is 3.25. The van der Waals surface area contributed by atoms with Gasteiger partial charge < -0.3 is 20.5 Å². The minimum Gasteiger partial charge on any atom is -0.390 e. The largest absolute Gasteiger partial charge is 0.390 e. The molecule has 1 saturated carbocycles. The molecule has 9 heteroatoms. The van der Waals surface area contributed by atoms with Crippen LogP contribution in [0.5, 0.6) is 0 Å². The first-order valence-electron chi connectivity index (χ1n) is 11.5. The number of nitrogens with zero attached hydrogens (tertiary/aromatic N) is 5. The van der Waals surface area contributed by atoms with Crippen molar-refractivity contribution in [1.82, 2.24) is 24.4 Å². The Labute approximate surface area is 205 Å². The Morgan fingerprint density at radius 1 is 1.15 bits per heavy atom. The van der Waals surface area contributed by atoms with Gasteiger partial charge in [0.1, 0.15) is 23.9 Å². The van der Waals surface area contributed by atoms with Crippen LogP contribution in [-0.2, 0) is 0 Å². The Bertz CT molecular complexity index is 1420. The first-order chi connectivity index (χ1) is 16.3. The number of nitrogen functional groups attached to an aromatic ring is 1. The third kappa shape index (κ3) is 3.18. The van der Waals surface area contributed by atoms with Crippen molar-refractivity contribution in [2.75, 3.05) is 19.3 Å². The van der Waals surface area contributed by atoms with Gasteiger partial charge in [0.05, 0.1) is 27.8 Å². The summed E-state index contributed by atoms with van der Waals surface area (Å²) in [6.45, 7) is 2.66.